The standard InChI is InChI=1S/C68H81N5O6/c1-3-5-7-9-11-17-23-53-29-38-62(39-30-53)78-67-70-49-56(50-71-67)25-19-13-15-21-45-75-64-44-37-60(66(74)77-61-42-35-59(36-43-61)58-33-27-55(48-69)28-34-58)47-65(64)76-46-22-16-14-20-26-57-51-72-68(73-52-57)79-63-40-31-54(32-41-63)24-18-12-10-8-6-4-2/h27-44,47,49-52H,3-26,45-46H2,1-2H3. The van der Waals surface area contributed by atoms with Gasteiger partial charge in [0.05, 0.1) is 30.4 Å². The number of aryl methyl sites for hydroxylation is 4. The summed E-state index contributed by atoms with van der Waals surface area (Å²) in [5.74, 6) is 2.54. The van der Waals surface area contributed by atoms with Crippen LogP contribution in [-0.4, -0.2) is 39.1 Å². The lowest BCUT2D eigenvalue weighted by Gasteiger charge is -2.14. The van der Waals surface area contributed by atoms with Crippen molar-refractivity contribution in [1.29, 1.82) is 5.26 Å². The van der Waals surface area contributed by atoms with Crippen LogP contribution in [0.4, 0.5) is 0 Å². The van der Waals surface area contributed by atoms with Gasteiger partial charge in [-0.1, -0.05) is 152 Å². The van der Waals surface area contributed by atoms with Gasteiger partial charge in [0.1, 0.15) is 17.2 Å². The summed E-state index contributed by atoms with van der Waals surface area (Å²) in [6.07, 6.45) is 34.7. The van der Waals surface area contributed by atoms with Crippen LogP contribution in [0, 0.1) is 11.3 Å². The SMILES string of the molecule is CCCCCCCCc1ccc(Oc2ncc(CCCCCCOc3ccc(C(=O)Oc4ccc(-c5ccc(C#N)cc5)cc4)cc3OCCCCCCc3cnc(Oc4ccc(CCCCCCCC)cc4)nc3)cn2)cc1. The number of hydrogen-bond donors (Lipinski definition) is 0. The van der Waals surface area contributed by atoms with E-state index in [0.29, 0.717) is 53.6 Å². The molecular formula is C68H81N5O6. The van der Waals surface area contributed by atoms with Crippen LogP contribution >= 0.6 is 0 Å². The summed E-state index contributed by atoms with van der Waals surface area (Å²) in [6, 6.07) is 39.4. The van der Waals surface area contributed by atoms with Crippen LogP contribution < -0.4 is 23.7 Å². The minimum absolute atomic E-state index is 0.353. The molecule has 0 atom stereocenters. The Kier molecular flexibility index (Phi) is 25.7. The van der Waals surface area contributed by atoms with Gasteiger partial charge in [0.15, 0.2) is 11.5 Å². The number of carbonyl (C=O) groups is 1. The van der Waals surface area contributed by atoms with Crippen LogP contribution in [0.3, 0.4) is 0 Å². The van der Waals surface area contributed by atoms with Gasteiger partial charge in [-0.3, -0.25) is 0 Å². The molecule has 7 aromatic rings. The van der Waals surface area contributed by atoms with Crippen molar-refractivity contribution < 1.29 is 28.5 Å². The Morgan fingerprint density at radius 2 is 0.810 bits per heavy atom. The number of nitrogens with zero attached hydrogens (tertiary/aromatic N) is 5. The molecule has 7 rings (SSSR count). The molecule has 0 aliphatic carbocycles. The van der Waals surface area contributed by atoms with Crippen molar-refractivity contribution in [3.63, 3.8) is 0 Å². The highest BCUT2D eigenvalue weighted by Crippen LogP contribution is 2.31. The van der Waals surface area contributed by atoms with Crippen LogP contribution in [0.25, 0.3) is 11.1 Å². The van der Waals surface area contributed by atoms with Gasteiger partial charge in [-0.2, -0.15) is 5.26 Å². The number of ether oxygens (including phenoxy) is 5. The molecule has 2 aromatic heterocycles. The average Bonchev–Trinajstić information content (AvgIpc) is 3.49. The zero-order valence-corrected chi connectivity index (χ0v) is 46.8. The Morgan fingerprint density at radius 1 is 0.418 bits per heavy atom. The minimum atomic E-state index is -0.491. The van der Waals surface area contributed by atoms with Crippen molar-refractivity contribution in [2.75, 3.05) is 13.2 Å². The molecule has 0 aliphatic rings. The molecule has 11 nitrogen and oxygen atoms in total. The number of esters is 1. The van der Waals surface area contributed by atoms with Crippen molar-refractivity contribution in [2.45, 2.75) is 168 Å². The summed E-state index contributed by atoms with van der Waals surface area (Å²) < 4.78 is 30.3. The van der Waals surface area contributed by atoms with Gasteiger partial charge in [-0.15, -0.1) is 0 Å². The second-order valence-corrected chi connectivity index (χ2v) is 20.6. The second-order valence-electron chi connectivity index (χ2n) is 20.6. The Bertz CT molecular complexity index is 2850. The lowest BCUT2D eigenvalue weighted by molar-refractivity contribution is 0.0734. The summed E-state index contributed by atoms with van der Waals surface area (Å²) in [7, 11) is 0. The highest BCUT2D eigenvalue weighted by molar-refractivity contribution is 5.92. The summed E-state index contributed by atoms with van der Waals surface area (Å²) in [4.78, 5) is 31.4. The molecule has 79 heavy (non-hydrogen) atoms. The van der Waals surface area contributed by atoms with Crippen molar-refractivity contribution in [1.82, 2.24) is 19.9 Å². The Labute approximate surface area is 470 Å². The first kappa shape index (κ1) is 59.1. The highest BCUT2D eigenvalue weighted by atomic mass is 16.5. The summed E-state index contributed by atoms with van der Waals surface area (Å²) in [5, 5.41) is 9.16. The third kappa shape index (κ3) is 21.6. The topological polar surface area (TPSA) is 139 Å². The molecule has 414 valence electrons. The highest BCUT2D eigenvalue weighted by Gasteiger charge is 2.15. The Hall–Kier alpha value is -7.58. The summed E-state index contributed by atoms with van der Waals surface area (Å²) >= 11 is 0. The lowest BCUT2D eigenvalue weighted by Crippen LogP contribution is -2.10. The van der Waals surface area contributed by atoms with E-state index < -0.39 is 5.97 Å². The maximum absolute atomic E-state index is 13.5. The molecule has 0 radical (unpaired) electrons. The van der Waals surface area contributed by atoms with Crippen molar-refractivity contribution in [3.05, 3.63) is 173 Å². The number of aromatic nitrogens is 4. The third-order valence-electron chi connectivity index (χ3n) is 14.1. The molecule has 0 unspecified atom stereocenters. The minimum Gasteiger partial charge on any atom is -0.490 e. The quantitative estimate of drug-likeness (QED) is 0.0209. The van der Waals surface area contributed by atoms with E-state index in [9.17, 15) is 4.79 Å². The molecule has 5 aromatic carbocycles. The van der Waals surface area contributed by atoms with E-state index in [1.165, 1.54) is 88.2 Å². The average molecular weight is 1060 g/mol. The Morgan fingerprint density at radius 3 is 1.27 bits per heavy atom. The van der Waals surface area contributed by atoms with Gasteiger partial charge < -0.3 is 23.7 Å². The molecule has 0 spiro atoms. The predicted molar refractivity (Wildman–Crippen MR) is 315 cm³/mol. The predicted octanol–water partition coefficient (Wildman–Crippen LogP) is 17.8. The van der Waals surface area contributed by atoms with Crippen molar-refractivity contribution >= 4 is 5.97 Å². The van der Waals surface area contributed by atoms with Gasteiger partial charge in [-0.25, -0.2) is 24.7 Å². The first-order valence-corrected chi connectivity index (χ1v) is 29.3. The van der Waals surface area contributed by atoms with E-state index in [1.807, 2.05) is 73.3 Å². The molecule has 0 saturated heterocycles. The van der Waals surface area contributed by atoms with Gasteiger partial charge in [0.25, 0.3) is 0 Å². The number of carbonyl (C=O) groups excluding carboxylic acids is 1. The van der Waals surface area contributed by atoms with E-state index in [2.05, 4.69) is 64.1 Å². The van der Waals surface area contributed by atoms with Crippen molar-refractivity contribution in [3.8, 4) is 58.0 Å². The van der Waals surface area contributed by atoms with Crippen LogP contribution in [-0.2, 0) is 25.7 Å². The Balaban J connectivity index is 0.825. The van der Waals surface area contributed by atoms with E-state index in [4.69, 9.17) is 28.9 Å². The molecule has 0 N–H and O–H groups in total. The van der Waals surface area contributed by atoms with Gasteiger partial charge in [0.2, 0.25) is 0 Å². The third-order valence-corrected chi connectivity index (χ3v) is 14.1. The van der Waals surface area contributed by atoms with E-state index in [0.717, 1.165) is 111 Å². The fraction of sp³-hybridized carbons (Fsp3) is 0.412. The molecule has 0 amide bonds. The van der Waals surface area contributed by atoms with Gasteiger partial charge in [-0.05, 0) is 164 Å². The monoisotopic (exact) mass is 1060 g/mol. The first-order chi connectivity index (χ1) is 38.9. The number of rotatable bonds is 37. The maximum atomic E-state index is 13.5. The van der Waals surface area contributed by atoms with Crippen LogP contribution in [0.5, 0.6) is 40.8 Å². The van der Waals surface area contributed by atoms with Gasteiger partial charge in [0, 0.05) is 24.8 Å². The summed E-state index contributed by atoms with van der Waals surface area (Å²) in [5.41, 5.74) is 7.71. The van der Waals surface area contributed by atoms with Crippen molar-refractivity contribution in [2.24, 2.45) is 0 Å². The first-order valence-electron chi connectivity index (χ1n) is 29.3. The fourth-order valence-electron chi connectivity index (χ4n) is 9.35. The molecule has 2 heterocycles. The van der Waals surface area contributed by atoms with E-state index in [-0.39, 0.29) is 0 Å². The van der Waals surface area contributed by atoms with E-state index >= 15 is 0 Å². The van der Waals surface area contributed by atoms with E-state index in [1.54, 1.807) is 42.5 Å². The fourth-order valence-corrected chi connectivity index (χ4v) is 9.35. The zero-order chi connectivity index (χ0) is 55.0. The zero-order valence-electron chi connectivity index (χ0n) is 46.8. The molecule has 11 heteroatoms. The molecule has 0 bridgehead atoms. The van der Waals surface area contributed by atoms with Crippen LogP contribution in [0.1, 0.15) is 180 Å². The lowest BCUT2D eigenvalue weighted by atomic mass is 10.0. The summed E-state index contributed by atoms with van der Waals surface area (Å²) in [6.45, 7) is 5.50. The largest absolute Gasteiger partial charge is 0.490 e. The molecular weight excluding hydrogens is 983 g/mol. The second kappa shape index (κ2) is 34.3. The van der Waals surface area contributed by atoms with Crippen LogP contribution in [0.15, 0.2) is 140 Å². The normalized spacial score (nSPS) is 11.0. The number of nitriles is 1. The maximum Gasteiger partial charge on any atom is 0.343 e. The van der Waals surface area contributed by atoms with Gasteiger partial charge >= 0.3 is 18.0 Å². The van der Waals surface area contributed by atoms with Crippen LogP contribution in [0.2, 0.25) is 0 Å². The molecule has 0 aliphatic heterocycles. The number of benzene rings is 5. The number of unbranched alkanes of at least 4 members (excludes halogenated alkanes) is 16. The number of hydrogen-bond acceptors (Lipinski definition) is 11. The smallest absolute Gasteiger partial charge is 0.343 e. The molecule has 0 saturated carbocycles. The molecule has 0 fully saturated rings.